The van der Waals surface area contributed by atoms with Crippen molar-refractivity contribution in [3.05, 3.63) is 59.1 Å². The van der Waals surface area contributed by atoms with Crippen molar-refractivity contribution in [3.8, 4) is 23.0 Å². The summed E-state index contributed by atoms with van der Waals surface area (Å²) in [6.07, 6.45) is -9.62. The zero-order valence-corrected chi connectivity index (χ0v) is 19.7. The molecule has 11 nitrogen and oxygen atoms in total. The van der Waals surface area contributed by atoms with E-state index in [0.29, 0.717) is 11.4 Å². The second-order valence-electron chi connectivity index (χ2n) is 7.28. The van der Waals surface area contributed by atoms with Gasteiger partial charge in [-0.2, -0.15) is 41.3 Å². The van der Waals surface area contributed by atoms with Crippen molar-refractivity contribution in [2.24, 2.45) is 0 Å². The summed E-state index contributed by atoms with van der Waals surface area (Å²) < 4.78 is 76.4. The molecule has 4 aromatic rings. The molecule has 0 aliphatic carbocycles. The molecule has 0 radical (unpaired) electrons. The second kappa shape index (κ2) is 11.3. The molecule has 2 heterocycles. The predicted molar refractivity (Wildman–Crippen MR) is 126 cm³/mol. The Morgan fingerprint density at radius 1 is 0.974 bits per heavy atom. The largest absolute Gasteiger partial charge is 0.490 e. The Labute approximate surface area is 218 Å². The van der Waals surface area contributed by atoms with Gasteiger partial charge in [0.1, 0.15) is 11.6 Å². The van der Waals surface area contributed by atoms with Crippen molar-refractivity contribution in [1.29, 1.82) is 0 Å². The molecule has 2 aromatic carbocycles. The van der Waals surface area contributed by atoms with Crippen LogP contribution < -0.4 is 21.5 Å². The van der Waals surface area contributed by atoms with Gasteiger partial charge in [-0.1, -0.05) is 11.6 Å². The van der Waals surface area contributed by atoms with Gasteiger partial charge in [0.2, 0.25) is 17.8 Å². The maximum atomic E-state index is 13.0. The van der Waals surface area contributed by atoms with Crippen LogP contribution in [-0.4, -0.2) is 42.4 Å². The number of carboxylic acid groups (broad SMARTS) is 1. The maximum Gasteiger partial charge on any atom is 0.490 e. The molecule has 0 bridgehead atoms. The first-order valence-corrected chi connectivity index (χ1v) is 10.5. The van der Waals surface area contributed by atoms with E-state index in [4.69, 9.17) is 37.7 Å². The Kier molecular flexibility index (Phi) is 8.33. The minimum atomic E-state index is -5.08. The number of ether oxygens (including phenoxy) is 1. The lowest BCUT2D eigenvalue weighted by molar-refractivity contribution is -0.192. The molecule has 0 unspecified atom stereocenters. The van der Waals surface area contributed by atoms with E-state index in [1.54, 1.807) is 24.3 Å². The monoisotopic (exact) mass is 576 g/mol. The number of nitrogen functional groups attached to an aromatic ring is 2. The normalized spacial score (nSPS) is 11.4. The molecule has 0 aliphatic heterocycles. The molecule has 0 amide bonds. The number of nitrogens with one attached hydrogen (secondary N) is 2. The molecule has 0 saturated heterocycles. The molecule has 0 fully saturated rings. The van der Waals surface area contributed by atoms with Crippen LogP contribution in [0.15, 0.2) is 48.5 Å². The molecule has 206 valence electrons. The first-order valence-electron chi connectivity index (χ1n) is 10.2. The van der Waals surface area contributed by atoms with Crippen molar-refractivity contribution < 1.29 is 41.0 Å². The number of carbonyl (C=O) groups is 1. The van der Waals surface area contributed by atoms with Crippen molar-refractivity contribution in [3.63, 3.8) is 0 Å². The Morgan fingerprint density at radius 2 is 1.62 bits per heavy atom. The van der Waals surface area contributed by atoms with Crippen molar-refractivity contribution in [1.82, 2.24) is 25.1 Å². The number of H-pyrrole nitrogens is 1. The number of rotatable bonds is 5. The van der Waals surface area contributed by atoms with Gasteiger partial charge < -0.3 is 26.6 Å². The number of aromatic amines is 1. The van der Waals surface area contributed by atoms with Gasteiger partial charge in [0.05, 0.1) is 5.56 Å². The topological polar surface area (TPSA) is 178 Å². The van der Waals surface area contributed by atoms with E-state index in [0.717, 1.165) is 12.1 Å². The summed E-state index contributed by atoms with van der Waals surface area (Å²) in [4.78, 5) is 20.7. The summed E-state index contributed by atoms with van der Waals surface area (Å²) in [7, 11) is 0. The SMILES string of the molecule is Nc1cc(Oc2ccc(Nc3n[nH]c(-c4cc(Cl)cc(C(F)(F)F)c4)n3)cc2)nc(N)n1.O=C(O)C(F)(F)F. The first kappa shape index (κ1) is 28.8. The Bertz CT molecular complexity index is 1440. The minimum absolute atomic E-state index is 0.0132. The van der Waals surface area contributed by atoms with Crippen LogP contribution in [0.2, 0.25) is 5.02 Å². The Balaban J connectivity index is 0.000000532. The van der Waals surface area contributed by atoms with Crippen LogP contribution in [-0.2, 0) is 11.0 Å². The number of nitrogens with two attached hydrogens (primary N) is 2. The fourth-order valence-corrected chi connectivity index (χ4v) is 2.94. The van der Waals surface area contributed by atoms with Crippen LogP contribution in [0.5, 0.6) is 11.6 Å². The van der Waals surface area contributed by atoms with Gasteiger partial charge in [-0.05, 0) is 42.5 Å². The standard InChI is InChI=1S/C19H14ClF3N8O.C2HF3O2/c20-11-6-9(5-10(7-11)19(21,22)23)16-29-18(31-30-16)26-12-1-3-13(4-2-12)32-15-8-14(24)27-17(25)28-15;3-2(4,5)1(6)7/h1-8H,(H4,24,25,27,28)(H2,26,29,30,31);(H,6,7). The van der Waals surface area contributed by atoms with Crippen LogP contribution in [0, 0.1) is 0 Å². The number of carboxylic acids is 1. The number of nitrogens with zero attached hydrogens (tertiary/aromatic N) is 4. The number of aliphatic carboxylic acids is 1. The number of hydrogen-bond acceptors (Lipinski definition) is 9. The lowest BCUT2D eigenvalue weighted by Crippen LogP contribution is -2.21. The van der Waals surface area contributed by atoms with E-state index in [-0.39, 0.29) is 40.0 Å². The molecule has 39 heavy (non-hydrogen) atoms. The molecule has 0 aliphatic rings. The molecule has 18 heteroatoms. The number of halogens is 7. The van der Waals surface area contributed by atoms with Gasteiger partial charge in [-0.25, -0.2) is 4.79 Å². The summed E-state index contributed by atoms with van der Waals surface area (Å²) in [5.74, 6) is -1.67. The van der Waals surface area contributed by atoms with E-state index >= 15 is 0 Å². The number of anilines is 4. The molecule has 2 aromatic heterocycles. The predicted octanol–water partition coefficient (Wildman–Crippen LogP) is 5.27. The second-order valence-corrected chi connectivity index (χ2v) is 7.71. The number of hydrogen-bond donors (Lipinski definition) is 5. The molecule has 0 saturated carbocycles. The van der Waals surface area contributed by atoms with Crippen molar-refractivity contribution >= 4 is 41.0 Å². The van der Waals surface area contributed by atoms with E-state index < -0.39 is 23.9 Å². The smallest absolute Gasteiger partial charge is 0.475 e. The number of alkyl halides is 6. The zero-order valence-electron chi connectivity index (χ0n) is 19.0. The quantitative estimate of drug-likeness (QED) is 0.197. The van der Waals surface area contributed by atoms with Gasteiger partial charge in [-0.3, -0.25) is 5.10 Å². The van der Waals surface area contributed by atoms with E-state index in [2.05, 4.69) is 30.5 Å². The highest BCUT2D eigenvalue weighted by atomic mass is 35.5. The summed E-state index contributed by atoms with van der Waals surface area (Å²) in [6, 6.07) is 11.2. The van der Waals surface area contributed by atoms with Gasteiger partial charge in [-0.15, -0.1) is 5.10 Å². The molecular formula is C21H15ClF6N8O3. The van der Waals surface area contributed by atoms with Gasteiger partial charge in [0.25, 0.3) is 0 Å². The number of benzene rings is 2. The maximum absolute atomic E-state index is 13.0. The molecule has 0 atom stereocenters. The van der Waals surface area contributed by atoms with Crippen LogP contribution >= 0.6 is 11.6 Å². The summed E-state index contributed by atoms with van der Waals surface area (Å²) in [5.41, 5.74) is 11.0. The highest BCUT2D eigenvalue weighted by Crippen LogP contribution is 2.34. The third-order valence-corrected chi connectivity index (χ3v) is 4.52. The summed E-state index contributed by atoms with van der Waals surface area (Å²) in [6.45, 7) is 0. The molecule has 0 spiro atoms. The van der Waals surface area contributed by atoms with Gasteiger partial charge in [0, 0.05) is 22.3 Å². The third-order valence-electron chi connectivity index (χ3n) is 4.30. The van der Waals surface area contributed by atoms with Crippen molar-refractivity contribution in [2.75, 3.05) is 16.8 Å². The average Bonchev–Trinajstić information content (AvgIpc) is 3.27. The minimum Gasteiger partial charge on any atom is -0.475 e. The zero-order chi connectivity index (χ0) is 29.0. The first-order chi connectivity index (χ1) is 18.1. The summed E-state index contributed by atoms with van der Waals surface area (Å²) >= 11 is 5.82. The van der Waals surface area contributed by atoms with Crippen LogP contribution in [0.4, 0.5) is 49.7 Å². The van der Waals surface area contributed by atoms with Crippen molar-refractivity contribution in [2.45, 2.75) is 12.4 Å². The van der Waals surface area contributed by atoms with Crippen LogP contribution in [0.1, 0.15) is 5.56 Å². The molecule has 4 rings (SSSR count). The molecule has 7 N–H and O–H groups in total. The molecular weight excluding hydrogens is 562 g/mol. The van der Waals surface area contributed by atoms with Gasteiger partial charge in [0.15, 0.2) is 5.82 Å². The van der Waals surface area contributed by atoms with E-state index in [1.165, 1.54) is 12.1 Å². The highest BCUT2D eigenvalue weighted by molar-refractivity contribution is 6.30. The Hall–Kier alpha value is -4.80. The number of aromatic nitrogens is 5. The lowest BCUT2D eigenvalue weighted by Gasteiger charge is -2.08. The average molecular weight is 577 g/mol. The fourth-order valence-electron chi connectivity index (χ4n) is 2.71. The van der Waals surface area contributed by atoms with E-state index in [9.17, 15) is 26.3 Å². The van der Waals surface area contributed by atoms with Crippen LogP contribution in [0.25, 0.3) is 11.4 Å². The van der Waals surface area contributed by atoms with E-state index in [1.807, 2.05) is 0 Å². The Morgan fingerprint density at radius 3 is 2.18 bits per heavy atom. The van der Waals surface area contributed by atoms with Gasteiger partial charge >= 0.3 is 18.3 Å². The fraction of sp³-hybridized carbons (Fsp3) is 0.0952. The lowest BCUT2D eigenvalue weighted by atomic mass is 10.1. The third kappa shape index (κ3) is 8.35. The van der Waals surface area contributed by atoms with Crippen LogP contribution in [0.3, 0.4) is 0 Å². The summed E-state index contributed by atoms with van der Waals surface area (Å²) in [5, 5.41) is 16.6. The highest BCUT2D eigenvalue weighted by Gasteiger charge is 2.38.